The number of guanidine groups is 1. The first-order chi connectivity index (χ1) is 13.7. The third-order valence-corrected chi connectivity index (χ3v) is 5.72. The lowest BCUT2D eigenvalue weighted by molar-refractivity contribution is -0.00805. The Morgan fingerprint density at radius 1 is 1.34 bits per heavy atom. The number of aliphatic imine (C=N–C) groups is 1. The maximum atomic E-state index is 10.4. The van der Waals surface area contributed by atoms with Gasteiger partial charge < -0.3 is 20.1 Å². The number of aromatic hydroxyl groups is 1. The predicted octanol–water partition coefficient (Wildman–Crippen LogP) is 2.77. The maximum Gasteiger partial charge on any atom is 0.194 e. The molecule has 4 rings (SSSR count). The number of rotatable bonds is 3. The summed E-state index contributed by atoms with van der Waals surface area (Å²) in [4.78, 5) is 6.69. The van der Waals surface area contributed by atoms with Crippen molar-refractivity contribution in [2.45, 2.75) is 38.3 Å². The van der Waals surface area contributed by atoms with Gasteiger partial charge >= 0.3 is 0 Å². The average molecular weight is 511 g/mol. The minimum atomic E-state index is -0.0149. The first-order valence-corrected chi connectivity index (χ1v) is 10.0. The van der Waals surface area contributed by atoms with Gasteiger partial charge in [0.2, 0.25) is 0 Å². The van der Waals surface area contributed by atoms with Crippen molar-refractivity contribution in [3.05, 3.63) is 46.8 Å². The molecule has 1 fully saturated rings. The van der Waals surface area contributed by atoms with E-state index in [-0.39, 0.29) is 30.1 Å². The summed E-state index contributed by atoms with van der Waals surface area (Å²) < 4.78 is 7.74. The largest absolute Gasteiger partial charge is 0.508 e. The second kappa shape index (κ2) is 9.80. The van der Waals surface area contributed by atoms with Crippen molar-refractivity contribution in [3.8, 4) is 5.75 Å². The molecule has 2 aliphatic rings. The van der Waals surface area contributed by atoms with Crippen LogP contribution in [0.15, 0.2) is 29.5 Å². The van der Waals surface area contributed by atoms with E-state index in [0.29, 0.717) is 18.9 Å². The molecule has 0 saturated carbocycles. The molecule has 2 N–H and O–H groups in total. The summed E-state index contributed by atoms with van der Waals surface area (Å²) in [6.45, 7) is 2.74. The Kier molecular flexibility index (Phi) is 7.39. The number of morpholine rings is 1. The quantitative estimate of drug-likeness (QED) is 0.377. The molecular formula is C21H30IN5O2. The summed E-state index contributed by atoms with van der Waals surface area (Å²) in [6.07, 6.45) is 8.41. The normalized spacial score (nSPS) is 19.4. The highest BCUT2D eigenvalue weighted by Gasteiger charge is 2.25. The van der Waals surface area contributed by atoms with E-state index in [1.165, 1.54) is 24.0 Å². The van der Waals surface area contributed by atoms with Gasteiger partial charge in [-0.05, 0) is 42.9 Å². The Hall–Kier alpha value is -1.81. The summed E-state index contributed by atoms with van der Waals surface area (Å²) in [5.74, 6) is 1.21. The number of phenols is 1. The molecule has 1 unspecified atom stereocenters. The van der Waals surface area contributed by atoms with E-state index in [2.05, 4.69) is 26.4 Å². The zero-order valence-corrected chi connectivity index (χ0v) is 19.4. The predicted molar refractivity (Wildman–Crippen MR) is 124 cm³/mol. The van der Waals surface area contributed by atoms with Crippen LogP contribution in [0.25, 0.3) is 0 Å². The SMILES string of the molecule is CN=C(NCc1c(O)ccc2c1CCCC2)N1CCOC(c2cnn(C)c2)C1.I. The molecule has 8 heteroatoms. The van der Waals surface area contributed by atoms with Gasteiger partial charge in [0.15, 0.2) is 5.96 Å². The van der Waals surface area contributed by atoms with Crippen LogP contribution in [-0.2, 0) is 31.2 Å². The number of phenolic OH excluding ortho intramolecular Hbond substituents is 1. The summed E-state index contributed by atoms with van der Waals surface area (Å²) in [6, 6.07) is 3.90. The summed E-state index contributed by atoms with van der Waals surface area (Å²) in [7, 11) is 3.72. The number of hydrogen-bond acceptors (Lipinski definition) is 4. The van der Waals surface area contributed by atoms with Gasteiger partial charge in [0, 0.05) is 44.5 Å². The van der Waals surface area contributed by atoms with Crippen LogP contribution in [0.4, 0.5) is 0 Å². The molecular weight excluding hydrogens is 481 g/mol. The number of aryl methyl sites for hydroxylation is 2. The van der Waals surface area contributed by atoms with Crippen LogP contribution in [0, 0.1) is 0 Å². The molecule has 2 heterocycles. The number of ether oxygens (including phenoxy) is 1. The first kappa shape index (κ1) is 21.9. The third-order valence-electron chi connectivity index (χ3n) is 5.72. The highest BCUT2D eigenvalue weighted by atomic mass is 127. The molecule has 1 aromatic carbocycles. The number of halogens is 1. The van der Waals surface area contributed by atoms with Gasteiger partial charge in [0.1, 0.15) is 11.9 Å². The Balaban J connectivity index is 0.00000240. The molecule has 1 aromatic heterocycles. The van der Waals surface area contributed by atoms with Gasteiger partial charge in [0.25, 0.3) is 0 Å². The first-order valence-electron chi connectivity index (χ1n) is 10.0. The molecule has 0 radical (unpaired) electrons. The van der Waals surface area contributed by atoms with E-state index in [1.807, 2.05) is 25.5 Å². The van der Waals surface area contributed by atoms with Gasteiger partial charge in [-0.15, -0.1) is 24.0 Å². The second-order valence-electron chi connectivity index (χ2n) is 7.56. The lowest BCUT2D eigenvalue weighted by Gasteiger charge is -2.35. The Bertz CT molecular complexity index is 867. The fourth-order valence-electron chi connectivity index (χ4n) is 4.24. The van der Waals surface area contributed by atoms with Crippen LogP contribution in [0.3, 0.4) is 0 Å². The van der Waals surface area contributed by atoms with Crippen LogP contribution in [0.5, 0.6) is 5.75 Å². The molecule has 29 heavy (non-hydrogen) atoms. The summed E-state index contributed by atoms with van der Waals surface area (Å²) in [5, 5.41) is 18.1. The van der Waals surface area contributed by atoms with Crippen molar-refractivity contribution in [2.24, 2.45) is 12.0 Å². The van der Waals surface area contributed by atoms with Crippen molar-refractivity contribution in [2.75, 3.05) is 26.7 Å². The van der Waals surface area contributed by atoms with E-state index >= 15 is 0 Å². The topological polar surface area (TPSA) is 74.9 Å². The van der Waals surface area contributed by atoms with E-state index in [1.54, 1.807) is 11.7 Å². The van der Waals surface area contributed by atoms with E-state index in [4.69, 9.17) is 4.74 Å². The zero-order chi connectivity index (χ0) is 19.5. The van der Waals surface area contributed by atoms with Crippen LogP contribution >= 0.6 is 24.0 Å². The Morgan fingerprint density at radius 2 is 2.17 bits per heavy atom. The van der Waals surface area contributed by atoms with Crippen molar-refractivity contribution in [1.29, 1.82) is 0 Å². The minimum Gasteiger partial charge on any atom is -0.508 e. The summed E-state index contributed by atoms with van der Waals surface area (Å²) >= 11 is 0. The van der Waals surface area contributed by atoms with Gasteiger partial charge in [-0.2, -0.15) is 5.10 Å². The standard InChI is InChI=1S/C21H29N5O2.HI/c1-22-21(26-9-10-28-20(14-26)16-11-24-25(2)13-16)23-12-18-17-6-4-3-5-15(17)7-8-19(18)27;/h7-8,11,13,20,27H,3-6,9-10,12,14H2,1-2H3,(H,22,23);1H. The van der Waals surface area contributed by atoms with Crippen LogP contribution in [0.1, 0.15) is 41.2 Å². The molecule has 1 aliphatic heterocycles. The van der Waals surface area contributed by atoms with Gasteiger partial charge in [-0.1, -0.05) is 6.07 Å². The minimum absolute atomic E-state index is 0. The second-order valence-corrected chi connectivity index (χ2v) is 7.56. The van der Waals surface area contributed by atoms with Crippen LogP contribution in [0.2, 0.25) is 0 Å². The number of hydrogen-bond donors (Lipinski definition) is 2. The number of nitrogens with one attached hydrogen (secondary N) is 1. The van der Waals surface area contributed by atoms with Crippen LogP contribution in [-0.4, -0.2) is 52.5 Å². The molecule has 1 aliphatic carbocycles. The molecule has 0 bridgehead atoms. The van der Waals surface area contributed by atoms with Crippen molar-refractivity contribution >= 4 is 29.9 Å². The molecule has 158 valence electrons. The van der Waals surface area contributed by atoms with Crippen LogP contribution < -0.4 is 5.32 Å². The highest BCUT2D eigenvalue weighted by molar-refractivity contribution is 14.0. The lowest BCUT2D eigenvalue weighted by Crippen LogP contribution is -2.48. The Morgan fingerprint density at radius 3 is 2.93 bits per heavy atom. The van der Waals surface area contributed by atoms with Gasteiger partial charge in [-0.25, -0.2) is 0 Å². The highest BCUT2D eigenvalue weighted by Crippen LogP contribution is 2.30. The Labute approximate surface area is 189 Å². The molecule has 1 saturated heterocycles. The smallest absolute Gasteiger partial charge is 0.194 e. The average Bonchev–Trinajstić information content (AvgIpc) is 3.16. The van der Waals surface area contributed by atoms with E-state index in [9.17, 15) is 5.11 Å². The van der Waals surface area contributed by atoms with Gasteiger partial charge in [-0.3, -0.25) is 9.67 Å². The third kappa shape index (κ3) is 4.85. The van der Waals surface area contributed by atoms with Crippen molar-refractivity contribution < 1.29 is 9.84 Å². The van der Waals surface area contributed by atoms with Gasteiger partial charge in [0.05, 0.1) is 19.3 Å². The van der Waals surface area contributed by atoms with E-state index in [0.717, 1.165) is 43.0 Å². The van der Waals surface area contributed by atoms with Crippen molar-refractivity contribution in [3.63, 3.8) is 0 Å². The summed E-state index contributed by atoms with van der Waals surface area (Å²) in [5.41, 5.74) is 4.77. The fourth-order valence-corrected chi connectivity index (χ4v) is 4.24. The molecule has 2 aromatic rings. The molecule has 1 atom stereocenters. The maximum absolute atomic E-state index is 10.4. The molecule has 7 nitrogen and oxygen atoms in total. The fraction of sp³-hybridized carbons (Fsp3) is 0.524. The number of benzene rings is 1. The zero-order valence-electron chi connectivity index (χ0n) is 17.1. The number of fused-ring (bicyclic) bond motifs is 1. The molecule has 0 amide bonds. The molecule has 0 spiro atoms. The monoisotopic (exact) mass is 511 g/mol. The van der Waals surface area contributed by atoms with E-state index < -0.39 is 0 Å². The number of nitrogens with zero attached hydrogens (tertiary/aromatic N) is 4. The number of aromatic nitrogens is 2. The van der Waals surface area contributed by atoms with Crippen molar-refractivity contribution in [1.82, 2.24) is 20.0 Å². The lowest BCUT2D eigenvalue weighted by atomic mass is 9.88.